The van der Waals surface area contributed by atoms with Gasteiger partial charge in [0.2, 0.25) is 0 Å². The van der Waals surface area contributed by atoms with Crippen LogP contribution in [0.25, 0.3) is 10.9 Å². The second kappa shape index (κ2) is 9.91. The highest BCUT2D eigenvalue weighted by Gasteiger charge is 2.35. The first-order valence-electron chi connectivity index (χ1n) is 12.9. The number of pyridine rings is 1. The van der Waals surface area contributed by atoms with Crippen molar-refractivity contribution in [2.75, 3.05) is 31.1 Å². The number of halogens is 1. The van der Waals surface area contributed by atoms with Crippen molar-refractivity contribution in [3.05, 3.63) is 80.4 Å². The zero-order chi connectivity index (χ0) is 26.3. The summed E-state index contributed by atoms with van der Waals surface area (Å²) in [4.78, 5) is 21.3. The molecular weight excluding hydrogens is 486 g/mol. The molecule has 1 saturated heterocycles. The van der Waals surface area contributed by atoms with Crippen LogP contribution in [0.3, 0.4) is 0 Å². The molecule has 0 unspecified atom stereocenters. The molecule has 0 aliphatic carbocycles. The Morgan fingerprint density at radius 2 is 1.81 bits per heavy atom. The molecule has 0 spiro atoms. The van der Waals surface area contributed by atoms with Crippen molar-refractivity contribution >= 4 is 28.2 Å². The maximum atomic E-state index is 13.5. The van der Waals surface area contributed by atoms with Crippen molar-refractivity contribution in [2.24, 2.45) is 0 Å². The number of nitrogens with one attached hydrogen (secondary N) is 1. The van der Waals surface area contributed by atoms with E-state index in [1.54, 1.807) is 0 Å². The minimum Gasteiger partial charge on any atom is -0.369 e. The van der Waals surface area contributed by atoms with Crippen LogP contribution in [0.5, 0.6) is 0 Å². The molecule has 37 heavy (non-hydrogen) atoms. The van der Waals surface area contributed by atoms with E-state index < -0.39 is 0 Å². The molecule has 2 aromatic carbocycles. The quantitative estimate of drug-likeness (QED) is 0.411. The van der Waals surface area contributed by atoms with Crippen LogP contribution in [0.2, 0.25) is 5.02 Å². The number of tetrazole rings is 1. The molecule has 8 nitrogen and oxygen atoms in total. The van der Waals surface area contributed by atoms with Crippen LogP contribution < -0.4 is 10.5 Å². The van der Waals surface area contributed by atoms with Crippen LogP contribution in [-0.2, 0) is 12.0 Å². The number of H-pyrrole nitrogens is 1. The second-order valence-electron chi connectivity index (χ2n) is 10.8. The van der Waals surface area contributed by atoms with E-state index in [9.17, 15) is 4.79 Å². The van der Waals surface area contributed by atoms with Crippen LogP contribution in [-0.4, -0.2) is 56.3 Å². The molecule has 9 heteroatoms. The van der Waals surface area contributed by atoms with Crippen LogP contribution in [0, 0.1) is 6.92 Å². The van der Waals surface area contributed by atoms with Crippen molar-refractivity contribution in [1.82, 2.24) is 30.1 Å². The van der Waals surface area contributed by atoms with Gasteiger partial charge in [0.1, 0.15) is 6.04 Å². The van der Waals surface area contributed by atoms with Crippen molar-refractivity contribution in [1.29, 1.82) is 0 Å². The Bertz CT molecular complexity index is 1480. The Hall–Kier alpha value is -3.23. The normalized spacial score (nSPS) is 15.9. The number of anilines is 1. The van der Waals surface area contributed by atoms with E-state index >= 15 is 0 Å². The summed E-state index contributed by atoms with van der Waals surface area (Å²) in [6.07, 6.45) is 0.932. The number of nitrogens with zero attached hydrogens (tertiary/aromatic N) is 6. The first kappa shape index (κ1) is 25.4. The lowest BCUT2D eigenvalue weighted by molar-refractivity contribution is 0.190. The number of piperazine rings is 1. The lowest BCUT2D eigenvalue weighted by atomic mass is 10.00. The van der Waals surface area contributed by atoms with E-state index in [0.717, 1.165) is 54.2 Å². The minimum atomic E-state index is -0.379. The lowest BCUT2D eigenvalue weighted by Gasteiger charge is -2.40. The molecule has 1 fully saturated rings. The van der Waals surface area contributed by atoms with Gasteiger partial charge in [-0.25, -0.2) is 4.68 Å². The van der Waals surface area contributed by atoms with Gasteiger partial charge in [0, 0.05) is 48.0 Å². The summed E-state index contributed by atoms with van der Waals surface area (Å²) in [6.45, 7) is 13.6. The molecule has 1 N–H and O–H groups in total. The van der Waals surface area contributed by atoms with Gasteiger partial charge in [-0.05, 0) is 91.4 Å². The SMILES string of the molecule is CCc1ccc2[nH]c(=O)c([C@@H](c3nnnn3C(C)(C)C)N3CCN(c4cc(Cl)ccc4C)CC3)cc2c1. The van der Waals surface area contributed by atoms with E-state index in [2.05, 4.69) is 83.1 Å². The first-order valence-corrected chi connectivity index (χ1v) is 13.2. The molecule has 5 rings (SSSR count). The standard InChI is InChI=1S/C28H34ClN7O/c1-6-19-8-10-23-20(15-19)16-22(27(37)30-23)25(26-31-32-33-36(26)28(3,4)5)35-13-11-34(12-14-35)24-17-21(29)9-7-18(24)2/h7-10,15-17,25H,6,11-14H2,1-5H3,(H,30,37)/t25-/m0/s1. The topological polar surface area (TPSA) is 82.9 Å². The zero-order valence-corrected chi connectivity index (χ0v) is 22.9. The van der Waals surface area contributed by atoms with Crippen molar-refractivity contribution in [3.63, 3.8) is 0 Å². The summed E-state index contributed by atoms with van der Waals surface area (Å²) >= 11 is 6.31. The third-order valence-corrected chi connectivity index (χ3v) is 7.44. The predicted molar refractivity (Wildman–Crippen MR) is 149 cm³/mol. The van der Waals surface area contributed by atoms with Crippen molar-refractivity contribution in [3.8, 4) is 0 Å². The van der Waals surface area contributed by atoms with Gasteiger partial charge in [-0.2, -0.15) is 0 Å². The third kappa shape index (κ3) is 5.00. The Labute approximate surface area is 222 Å². The number of benzene rings is 2. The summed E-state index contributed by atoms with van der Waals surface area (Å²) in [5, 5.41) is 14.6. The summed E-state index contributed by atoms with van der Waals surface area (Å²) in [6, 6.07) is 13.9. The number of aromatic amines is 1. The van der Waals surface area contributed by atoms with E-state index in [0.29, 0.717) is 11.4 Å². The number of hydrogen-bond donors (Lipinski definition) is 1. The third-order valence-electron chi connectivity index (χ3n) is 7.21. The lowest BCUT2D eigenvalue weighted by Crippen LogP contribution is -2.49. The van der Waals surface area contributed by atoms with E-state index in [1.807, 2.05) is 28.9 Å². The van der Waals surface area contributed by atoms with Crippen molar-refractivity contribution < 1.29 is 0 Å². The molecule has 0 radical (unpaired) electrons. The van der Waals surface area contributed by atoms with Gasteiger partial charge in [-0.3, -0.25) is 9.69 Å². The molecule has 0 saturated carbocycles. The van der Waals surface area contributed by atoms with Gasteiger partial charge in [0.05, 0.1) is 5.54 Å². The van der Waals surface area contributed by atoms with E-state index in [4.69, 9.17) is 11.6 Å². The predicted octanol–water partition coefficient (Wildman–Crippen LogP) is 4.71. The molecule has 1 atom stereocenters. The first-order chi connectivity index (χ1) is 17.7. The highest BCUT2D eigenvalue weighted by molar-refractivity contribution is 6.30. The average molecular weight is 520 g/mol. The number of hydrogen-bond acceptors (Lipinski definition) is 6. The van der Waals surface area contributed by atoms with Gasteiger partial charge >= 0.3 is 0 Å². The molecule has 1 aliphatic rings. The van der Waals surface area contributed by atoms with Gasteiger partial charge in [-0.1, -0.05) is 30.7 Å². The molecule has 0 bridgehead atoms. The fourth-order valence-corrected chi connectivity index (χ4v) is 5.35. The number of aryl methyl sites for hydroxylation is 2. The molecule has 4 aromatic rings. The van der Waals surface area contributed by atoms with Gasteiger partial charge in [0.25, 0.3) is 5.56 Å². The molecule has 3 heterocycles. The number of aromatic nitrogens is 5. The average Bonchev–Trinajstić information content (AvgIpc) is 3.36. The Kier molecular flexibility index (Phi) is 6.81. The number of rotatable bonds is 5. The monoisotopic (exact) mass is 519 g/mol. The second-order valence-corrected chi connectivity index (χ2v) is 11.2. The van der Waals surface area contributed by atoms with Crippen LogP contribution in [0.1, 0.15) is 56.3 Å². The van der Waals surface area contributed by atoms with E-state index in [-0.39, 0.29) is 17.1 Å². The summed E-state index contributed by atoms with van der Waals surface area (Å²) < 4.78 is 1.84. The van der Waals surface area contributed by atoms with E-state index in [1.165, 1.54) is 11.1 Å². The van der Waals surface area contributed by atoms with Crippen LogP contribution in [0.15, 0.2) is 47.3 Å². The maximum Gasteiger partial charge on any atom is 0.253 e. The minimum absolute atomic E-state index is 0.113. The van der Waals surface area contributed by atoms with Crippen molar-refractivity contribution in [2.45, 2.75) is 52.6 Å². The Morgan fingerprint density at radius 1 is 1.05 bits per heavy atom. The summed E-state index contributed by atoms with van der Waals surface area (Å²) in [7, 11) is 0. The number of fused-ring (bicyclic) bond motifs is 1. The highest BCUT2D eigenvalue weighted by Crippen LogP contribution is 2.32. The summed E-state index contributed by atoms with van der Waals surface area (Å²) in [5.41, 5.74) is 4.62. The van der Waals surface area contributed by atoms with Gasteiger partial charge < -0.3 is 9.88 Å². The van der Waals surface area contributed by atoms with Gasteiger partial charge in [0.15, 0.2) is 5.82 Å². The fourth-order valence-electron chi connectivity index (χ4n) is 5.18. The largest absolute Gasteiger partial charge is 0.369 e. The molecule has 2 aromatic heterocycles. The van der Waals surface area contributed by atoms with Gasteiger partial charge in [-0.15, -0.1) is 5.10 Å². The fraction of sp³-hybridized carbons (Fsp3) is 0.429. The van der Waals surface area contributed by atoms with Crippen LogP contribution >= 0.6 is 11.6 Å². The molecule has 1 aliphatic heterocycles. The molecule has 0 amide bonds. The smallest absolute Gasteiger partial charge is 0.253 e. The Morgan fingerprint density at radius 3 is 2.51 bits per heavy atom. The zero-order valence-electron chi connectivity index (χ0n) is 22.1. The molecular formula is C28H34ClN7O. The Balaban J connectivity index is 1.56. The summed E-state index contributed by atoms with van der Waals surface area (Å²) in [5.74, 6) is 0.677. The highest BCUT2D eigenvalue weighted by atomic mass is 35.5. The molecule has 194 valence electrons. The maximum absolute atomic E-state index is 13.5. The van der Waals surface area contributed by atoms with Crippen LogP contribution in [0.4, 0.5) is 5.69 Å².